The minimum absolute atomic E-state index is 0.0500. The molecule has 1 aliphatic carbocycles. The number of oxazole rings is 1. The standard InChI is InChI=1S/C19H18ClFN8O2/c1-8-18(31-9(2)23-8)29-14(10-3-4-10)13-17(27-29)30-7-11(21)6-28-16-12(15(20)26-28)5-22-19(24-13)25-16/h5,10-11H,3-4,6-7H2,1-2H3,(H,22,24,25)/t11-/m1/s1. The van der Waals surface area contributed by atoms with Crippen LogP contribution in [0.5, 0.6) is 5.88 Å². The first-order chi connectivity index (χ1) is 15.0. The Morgan fingerprint density at radius 1 is 1.23 bits per heavy atom. The molecule has 1 saturated carbocycles. The highest BCUT2D eigenvalue weighted by molar-refractivity contribution is 6.34. The summed E-state index contributed by atoms with van der Waals surface area (Å²) >= 11 is 6.18. The molecule has 2 aliphatic rings. The van der Waals surface area contributed by atoms with Crippen LogP contribution in [0.4, 0.5) is 16.0 Å². The predicted molar refractivity (Wildman–Crippen MR) is 109 cm³/mol. The van der Waals surface area contributed by atoms with Crippen molar-refractivity contribution in [2.24, 2.45) is 0 Å². The van der Waals surface area contributed by atoms with Crippen LogP contribution in [0, 0.1) is 13.8 Å². The van der Waals surface area contributed by atoms with Gasteiger partial charge >= 0.3 is 0 Å². The first-order valence-electron chi connectivity index (χ1n) is 9.98. The SMILES string of the molecule is Cc1nc(C)c(-n2nc3c(c2C2CC2)Nc2ncc4c(Cl)nn(c4n2)C[C@@H](F)CO3)o1. The molecule has 0 radical (unpaired) electrons. The summed E-state index contributed by atoms with van der Waals surface area (Å²) in [5.74, 6) is 1.90. The smallest absolute Gasteiger partial charge is 0.257 e. The van der Waals surface area contributed by atoms with Crippen molar-refractivity contribution in [2.45, 2.75) is 45.3 Å². The van der Waals surface area contributed by atoms with Crippen molar-refractivity contribution < 1.29 is 13.5 Å². The second-order valence-corrected chi connectivity index (χ2v) is 8.17. The first kappa shape index (κ1) is 18.6. The van der Waals surface area contributed by atoms with Gasteiger partial charge in [0.05, 0.1) is 17.6 Å². The van der Waals surface area contributed by atoms with Crippen LogP contribution in [0.1, 0.15) is 36.0 Å². The van der Waals surface area contributed by atoms with Gasteiger partial charge in [0, 0.05) is 19.0 Å². The lowest BCUT2D eigenvalue weighted by molar-refractivity contribution is 0.171. The molecular formula is C19H18ClFN8O2. The summed E-state index contributed by atoms with van der Waals surface area (Å²) < 4.78 is 29.5. The van der Waals surface area contributed by atoms with Crippen molar-refractivity contribution in [3.63, 3.8) is 0 Å². The highest BCUT2D eigenvalue weighted by Gasteiger charge is 2.36. The molecule has 1 N–H and O–H groups in total. The van der Waals surface area contributed by atoms with E-state index in [0.29, 0.717) is 40.1 Å². The third kappa shape index (κ3) is 3.02. The van der Waals surface area contributed by atoms with Gasteiger partial charge in [-0.1, -0.05) is 11.6 Å². The van der Waals surface area contributed by atoms with Crippen LogP contribution in [0.3, 0.4) is 0 Å². The zero-order valence-electron chi connectivity index (χ0n) is 16.8. The van der Waals surface area contributed by atoms with Gasteiger partial charge in [0.2, 0.25) is 11.8 Å². The van der Waals surface area contributed by atoms with E-state index in [9.17, 15) is 4.39 Å². The maximum Gasteiger partial charge on any atom is 0.257 e. The van der Waals surface area contributed by atoms with E-state index in [1.54, 1.807) is 17.8 Å². The van der Waals surface area contributed by atoms with Crippen LogP contribution in [0.2, 0.25) is 5.15 Å². The van der Waals surface area contributed by atoms with E-state index in [0.717, 1.165) is 18.5 Å². The van der Waals surface area contributed by atoms with Gasteiger partial charge in [-0.3, -0.25) is 0 Å². The summed E-state index contributed by atoms with van der Waals surface area (Å²) in [6.07, 6.45) is 2.24. The van der Waals surface area contributed by atoms with Gasteiger partial charge in [0.15, 0.2) is 22.9 Å². The Labute approximate surface area is 180 Å². The highest BCUT2D eigenvalue weighted by atomic mass is 35.5. The predicted octanol–water partition coefficient (Wildman–Crippen LogP) is 3.62. The Morgan fingerprint density at radius 2 is 2.06 bits per heavy atom. The van der Waals surface area contributed by atoms with Gasteiger partial charge in [-0.15, -0.1) is 5.10 Å². The number of aromatic nitrogens is 7. The Morgan fingerprint density at radius 3 is 2.81 bits per heavy atom. The number of anilines is 2. The number of nitrogens with zero attached hydrogens (tertiary/aromatic N) is 7. The third-order valence-corrected chi connectivity index (χ3v) is 5.66. The Kier molecular flexibility index (Phi) is 3.98. The molecule has 1 fully saturated rings. The molecule has 160 valence electrons. The first-order valence-corrected chi connectivity index (χ1v) is 10.4. The molecule has 1 atom stereocenters. The maximum absolute atomic E-state index is 14.8. The van der Waals surface area contributed by atoms with E-state index in [4.69, 9.17) is 20.8 Å². The number of halogens is 2. The number of aryl methyl sites for hydroxylation is 2. The minimum Gasteiger partial charge on any atom is -0.472 e. The molecule has 4 aromatic rings. The molecule has 6 rings (SSSR count). The molecule has 4 aromatic heterocycles. The number of nitrogens with one attached hydrogen (secondary N) is 1. The number of alkyl halides is 1. The fourth-order valence-electron chi connectivity index (χ4n) is 3.87. The molecule has 10 nitrogen and oxygen atoms in total. The number of hydrogen-bond acceptors (Lipinski definition) is 8. The summed E-state index contributed by atoms with van der Waals surface area (Å²) in [7, 11) is 0. The van der Waals surface area contributed by atoms with Gasteiger partial charge in [0.1, 0.15) is 18.0 Å². The average Bonchev–Trinajstić information content (AvgIpc) is 3.34. The fraction of sp³-hybridized carbons (Fsp3) is 0.421. The molecule has 0 amide bonds. The van der Waals surface area contributed by atoms with Crippen molar-refractivity contribution >= 4 is 34.3 Å². The van der Waals surface area contributed by atoms with Crippen molar-refractivity contribution in [1.82, 2.24) is 34.5 Å². The van der Waals surface area contributed by atoms with Gasteiger partial charge in [-0.05, 0) is 19.8 Å². The third-order valence-electron chi connectivity index (χ3n) is 5.38. The number of rotatable bonds is 2. The van der Waals surface area contributed by atoms with E-state index in [1.165, 1.54) is 4.68 Å². The zero-order chi connectivity index (χ0) is 21.3. The molecule has 0 spiro atoms. The lowest BCUT2D eigenvalue weighted by Crippen LogP contribution is -2.20. The quantitative estimate of drug-likeness (QED) is 0.499. The largest absolute Gasteiger partial charge is 0.472 e. The lowest BCUT2D eigenvalue weighted by atomic mass is 10.2. The molecule has 0 unspecified atom stereocenters. The van der Waals surface area contributed by atoms with Crippen molar-refractivity contribution in [2.75, 3.05) is 11.9 Å². The van der Waals surface area contributed by atoms with Gasteiger partial charge < -0.3 is 14.5 Å². The summed E-state index contributed by atoms with van der Waals surface area (Å²) in [6.45, 7) is 3.39. The topological polar surface area (TPSA) is 109 Å². The van der Waals surface area contributed by atoms with E-state index >= 15 is 0 Å². The van der Waals surface area contributed by atoms with Crippen molar-refractivity contribution in [1.29, 1.82) is 0 Å². The maximum atomic E-state index is 14.8. The summed E-state index contributed by atoms with van der Waals surface area (Å²) in [6, 6.07) is 0. The zero-order valence-corrected chi connectivity index (χ0v) is 17.5. The summed E-state index contributed by atoms with van der Waals surface area (Å²) in [4.78, 5) is 13.3. The summed E-state index contributed by atoms with van der Waals surface area (Å²) in [5, 5.41) is 12.8. The second kappa shape index (κ2) is 6.64. The molecule has 0 saturated heterocycles. The fourth-order valence-corrected chi connectivity index (χ4v) is 4.09. The Bertz CT molecular complexity index is 1320. The number of ether oxygens (including phenoxy) is 1. The normalized spacial score (nSPS) is 18.5. The number of hydrogen-bond donors (Lipinski definition) is 1. The van der Waals surface area contributed by atoms with Gasteiger partial charge in [-0.2, -0.15) is 14.8 Å². The van der Waals surface area contributed by atoms with Crippen LogP contribution in [-0.2, 0) is 6.54 Å². The Hall–Kier alpha value is -3.21. The monoisotopic (exact) mass is 444 g/mol. The molecule has 1 aliphatic heterocycles. The van der Waals surface area contributed by atoms with Gasteiger partial charge in [0.25, 0.3) is 5.88 Å². The van der Waals surface area contributed by atoms with E-state index in [-0.39, 0.29) is 30.1 Å². The highest BCUT2D eigenvalue weighted by Crippen LogP contribution is 2.48. The van der Waals surface area contributed by atoms with Crippen LogP contribution >= 0.6 is 11.6 Å². The van der Waals surface area contributed by atoms with Crippen LogP contribution in [0.25, 0.3) is 16.9 Å². The van der Waals surface area contributed by atoms with E-state index < -0.39 is 6.17 Å². The second-order valence-electron chi connectivity index (χ2n) is 7.81. The van der Waals surface area contributed by atoms with Crippen LogP contribution < -0.4 is 10.1 Å². The molecule has 5 heterocycles. The lowest BCUT2D eigenvalue weighted by Gasteiger charge is -2.10. The van der Waals surface area contributed by atoms with Crippen LogP contribution in [0.15, 0.2) is 10.6 Å². The summed E-state index contributed by atoms with van der Waals surface area (Å²) in [5.41, 5.74) is 2.64. The molecule has 0 aromatic carbocycles. The van der Waals surface area contributed by atoms with Crippen molar-refractivity contribution in [3.8, 4) is 11.8 Å². The number of fused-ring (bicyclic) bond motifs is 2. The molecule has 12 heteroatoms. The molecular weight excluding hydrogens is 427 g/mol. The Balaban J connectivity index is 1.55. The van der Waals surface area contributed by atoms with Crippen molar-refractivity contribution in [3.05, 3.63) is 28.6 Å². The van der Waals surface area contributed by atoms with Gasteiger partial charge in [-0.25, -0.2) is 19.0 Å². The molecule has 2 bridgehead atoms. The van der Waals surface area contributed by atoms with Crippen LogP contribution in [-0.4, -0.2) is 47.3 Å². The minimum atomic E-state index is -1.34. The molecule has 31 heavy (non-hydrogen) atoms. The van der Waals surface area contributed by atoms with E-state index in [2.05, 4.69) is 30.5 Å². The van der Waals surface area contributed by atoms with E-state index in [1.807, 2.05) is 6.92 Å². The average molecular weight is 445 g/mol.